The molecule has 0 bridgehead atoms. The van der Waals surface area contributed by atoms with E-state index >= 15 is 0 Å². The van der Waals surface area contributed by atoms with Crippen LogP contribution in [-0.2, 0) is 12.8 Å². The fraction of sp³-hybridized carbons (Fsp3) is 0.480. The van der Waals surface area contributed by atoms with Crippen LogP contribution in [0.5, 0.6) is 11.5 Å². The first-order valence-corrected chi connectivity index (χ1v) is 11.2. The highest BCUT2D eigenvalue weighted by molar-refractivity contribution is 5.94. The smallest absolute Gasteiger partial charge is 0.253 e. The van der Waals surface area contributed by atoms with Crippen LogP contribution < -0.4 is 4.74 Å². The molecule has 2 heterocycles. The molecular weight excluding hydrogens is 360 g/mol. The van der Waals surface area contributed by atoms with Gasteiger partial charge in [-0.05, 0) is 80.0 Å². The molecule has 0 N–H and O–H groups in total. The summed E-state index contributed by atoms with van der Waals surface area (Å²) in [5.74, 6) is 1.72. The molecule has 152 valence electrons. The van der Waals surface area contributed by atoms with Crippen molar-refractivity contribution >= 4 is 5.91 Å². The van der Waals surface area contributed by atoms with Crippen LogP contribution in [0.4, 0.5) is 0 Å². The Morgan fingerprint density at radius 1 is 0.828 bits per heavy atom. The maximum atomic E-state index is 12.7. The topological polar surface area (TPSA) is 32.8 Å². The molecule has 2 aliphatic heterocycles. The highest BCUT2D eigenvalue weighted by Crippen LogP contribution is 2.30. The van der Waals surface area contributed by atoms with Crippen molar-refractivity contribution in [1.82, 2.24) is 9.80 Å². The molecule has 5 rings (SSSR count). The first kappa shape index (κ1) is 18.7. The number of hydrogen-bond donors (Lipinski definition) is 0. The summed E-state index contributed by atoms with van der Waals surface area (Å²) < 4.78 is 6.16. The number of fused-ring (bicyclic) bond motifs is 1. The molecule has 3 aliphatic rings. The van der Waals surface area contributed by atoms with E-state index in [4.69, 9.17) is 4.74 Å². The summed E-state index contributed by atoms with van der Waals surface area (Å²) in [6, 6.07) is 14.9. The van der Waals surface area contributed by atoms with Crippen molar-refractivity contribution in [3.05, 3.63) is 59.2 Å². The molecule has 2 fully saturated rings. The monoisotopic (exact) mass is 390 g/mol. The lowest BCUT2D eigenvalue weighted by molar-refractivity contribution is 0.0792. The van der Waals surface area contributed by atoms with Crippen molar-refractivity contribution in [1.29, 1.82) is 0 Å². The Bertz CT molecular complexity index is 884. The molecule has 0 aromatic heterocycles. The number of hydrogen-bond acceptors (Lipinski definition) is 3. The van der Waals surface area contributed by atoms with Gasteiger partial charge in [0.05, 0.1) is 0 Å². The predicted molar refractivity (Wildman–Crippen MR) is 115 cm³/mol. The molecule has 4 nitrogen and oxygen atoms in total. The SMILES string of the molecule is O=C(c1cccc(Oc2ccc3c(c2)CCN(C2CCC2)CC3)c1)N1CCCC1. The Balaban J connectivity index is 1.28. The molecule has 1 amide bonds. The van der Waals surface area contributed by atoms with Crippen LogP contribution in [0.15, 0.2) is 42.5 Å². The molecular formula is C25H30N2O2. The van der Waals surface area contributed by atoms with Crippen LogP contribution in [-0.4, -0.2) is 47.9 Å². The van der Waals surface area contributed by atoms with Crippen molar-refractivity contribution in [2.75, 3.05) is 26.2 Å². The number of likely N-dealkylation sites (tertiary alicyclic amines) is 1. The lowest BCUT2D eigenvalue weighted by Crippen LogP contribution is -2.41. The molecule has 2 aromatic rings. The van der Waals surface area contributed by atoms with E-state index in [0.29, 0.717) is 0 Å². The molecule has 0 spiro atoms. The normalized spacial score (nSPS) is 20.1. The lowest BCUT2D eigenvalue weighted by atomic mass is 9.91. The number of carbonyl (C=O) groups is 1. The van der Waals surface area contributed by atoms with E-state index in [0.717, 1.165) is 68.4 Å². The molecule has 1 aliphatic carbocycles. The van der Waals surface area contributed by atoms with E-state index in [1.165, 1.54) is 36.9 Å². The molecule has 1 saturated heterocycles. The number of benzene rings is 2. The number of nitrogens with zero attached hydrogens (tertiary/aromatic N) is 2. The summed E-state index contributed by atoms with van der Waals surface area (Å²) in [5.41, 5.74) is 3.58. The number of rotatable bonds is 4. The Hall–Kier alpha value is -2.33. The van der Waals surface area contributed by atoms with Gasteiger partial charge in [-0.25, -0.2) is 0 Å². The van der Waals surface area contributed by atoms with Crippen molar-refractivity contribution in [3.8, 4) is 11.5 Å². The summed E-state index contributed by atoms with van der Waals surface area (Å²) in [6.45, 7) is 4.07. The van der Waals surface area contributed by atoms with E-state index in [1.54, 1.807) is 0 Å². The van der Waals surface area contributed by atoms with Gasteiger partial charge in [0.15, 0.2) is 0 Å². The third-order valence-corrected chi connectivity index (χ3v) is 6.82. The van der Waals surface area contributed by atoms with Crippen LogP contribution in [0.3, 0.4) is 0 Å². The average molecular weight is 391 g/mol. The minimum Gasteiger partial charge on any atom is -0.457 e. The second-order valence-electron chi connectivity index (χ2n) is 8.68. The van der Waals surface area contributed by atoms with Crippen molar-refractivity contribution in [2.24, 2.45) is 0 Å². The van der Waals surface area contributed by atoms with Crippen molar-refractivity contribution < 1.29 is 9.53 Å². The van der Waals surface area contributed by atoms with Gasteiger partial charge in [0.2, 0.25) is 0 Å². The minimum absolute atomic E-state index is 0.117. The molecule has 2 aromatic carbocycles. The number of carbonyl (C=O) groups excluding carboxylic acids is 1. The molecule has 0 radical (unpaired) electrons. The van der Waals surface area contributed by atoms with Crippen LogP contribution in [0, 0.1) is 0 Å². The summed E-state index contributed by atoms with van der Waals surface area (Å²) in [5, 5.41) is 0. The first-order chi connectivity index (χ1) is 14.3. The average Bonchev–Trinajstić information content (AvgIpc) is 3.16. The van der Waals surface area contributed by atoms with Gasteiger partial charge in [-0.2, -0.15) is 0 Å². The molecule has 0 atom stereocenters. The van der Waals surface area contributed by atoms with Crippen LogP contribution >= 0.6 is 0 Å². The van der Waals surface area contributed by atoms with E-state index < -0.39 is 0 Å². The minimum atomic E-state index is 0.117. The standard InChI is InChI=1S/C25H30N2O2/c28-25(27-13-1-2-14-27)21-5-3-8-23(18-21)29-24-10-9-19-11-15-26(22-6-4-7-22)16-12-20(19)17-24/h3,5,8-10,17-18,22H,1-2,4,6-7,11-16H2. The third-order valence-electron chi connectivity index (χ3n) is 6.82. The quantitative estimate of drug-likeness (QED) is 0.761. The molecule has 29 heavy (non-hydrogen) atoms. The van der Waals surface area contributed by atoms with Crippen molar-refractivity contribution in [3.63, 3.8) is 0 Å². The maximum Gasteiger partial charge on any atom is 0.253 e. The molecule has 0 unspecified atom stereocenters. The van der Waals surface area contributed by atoms with Crippen LogP contribution in [0.1, 0.15) is 53.6 Å². The fourth-order valence-corrected chi connectivity index (χ4v) is 4.83. The lowest BCUT2D eigenvalue weighted by Gasteiger charge is -2.36. The molecule has 4 heteroatoms. The summed E-state index contributed by atoms with van der Waals surface area (Å²) in [7, 11) is 0. The van der Waals surface area contributed by atoms with E-state index in [9.17, 15) is 4.79 Å². The van der Waals surface area contributed by atoms with Crippen LogP contribution in [0.2, 0.25) is 0 Å². The number of ether oxygens (including phenoxy) is 1. The van der Waals surface area contributed by atoms with Gasteiger partial charge >= 0.3 is 0 Å². The van der Waals surface area contributed by atoms with Gasteiger partial charge in [0, 0.05) is 37.8 Å². The van der Waals surface area contributed by atoms with Gasteiger partial charge < -0.3 is 9.64 Å². The zero-order chi connectivity index (χ0) is 19.6. The second-order valence-corrected chi connectivity index (χ2v) is 8.68. The van der Waals surface area contributed by atoms with E-state index in [2.05, 4.69) is 23.1 Å². The highest BCUT2D eigenvalue weighted by Gasteiger charge is 2.26. The Labute approximate surface area is 173 Å². The highest BCUT2D eigenvalue weighted by atomic mass is 16.5. The first-order valence-electron chi connectivity index (χ1n) is 11.2. The summed E-state index contributed by atoms with van der Waals surface area (Å²) in [6.07, 6.45) is 8.58. The van der Waals surface area contributed by atoms with Crippen LogP contribution in [0.25, 0.3) is 0 Å². The second kappa shape index (κ2) is 8.19. The molecule has 1 saturated carbocycles. The zero-order valence-corrected chi connectivity index (χ0v) is 17.1. The zero-order valence-electron chi connectivity index (χ0n) is 17.1. The fourth-order valence-electron chi connectivity index (χ4n) is 4.83. The predicted octanol–water partition coefficient (Wildman–Crippen LogP) is 4.67. The Morgan fingerprint density at radius 2 is 1.59 bits per heavy atom. The van der Waals surface area contributed by atoms with Gasteiger partial charge in [-0.15, -0.1) is 0 Å². The summed E-state index contributed by atoms with van der Waals surface area (Å²) in [4.78, 5) is 17.3. The van der Waals surface area contributed by atoms with Gasteiger partial charge in [0.1, 0.15) is 11.5 Å². The van der Waals surface area contributed by atoms with E-state index in [-0.39, 0.29) is 5.91 Å². The third kappa shape index (κ3) is 4.04. The number of amides is 1. The maximum absolute atomic E-state index is 12.7. The van der Waals surface area contributed by atoms with Gasteiger partial charge in [-0.1, -0.05) is 18.6 Å². The van der Waals surface area contributed by atoms with Gasteiger partial charge in [-0.3, -0.25) is 9.69 Å². The summed E-state index contributed by atoms with van der Waals surface area (Å²) >= 11 is 0. The largest absolute Gasteiger partial charge is 0.457 e. The van der Waals surface area contributed by atoms with Gasteiger partial charge in [0.25, 0.3) is 5.91 Å². The Kier molecular flexibility index (Phi) is 5.28. The van der Waals surface area contributed by atoms with E-state index in [1.807, 2.05) is 29.2 Å². The van der Waals surface area contributed by atoms with Crippen molar-refractivity contribution in [2.45, 2.75) is 51.0 Å². The Morgan fingerprint density at radius 3 is 2.34 bits per heavy atom.